The maximum absolute atomic E-state index is 8.46. The van der Waals surface area contributed by atoms with Gasteiger partial charge in [-0.3, -0.25) is 0 Å². The monoisotopic (exact) mass is 244 g/mol. The van der Waals surface area contributed by atoms with Crippen molar-refractivity contribution in [2.45, 2.75) is 0 Å². The molecule has 0 amide bonds. The predicted octanol–water partition coefficient (Wildman–Crippen LogP) is 2.45. The van der Waals surface area contributed by atoms with E-state index in [9.17, 15) is 0 Å². The molecule has 0 bridgehead atoms. The van der Waals surface area contributed by atoms with E-state index in [0.717, 1.165) is 10.0 Å². The van der Waals surface area contributed by atoms with E-state index in [2.05, 4.69) is 27.8 Å². The molecule has 0 aliphatic heterocycles. The summed E-state index contributed by atoms with van der Waals surface area (Å²) in [7, 11) is 0. The lowest BCUT2D eigenvalue weighted by atomic mass is 10.2. The number of aliphatic hydroxyl groups excluding tert-OH is 1. The molecule has 0 spiro atoms. The number of halogens is 2. The van der Waals surface area contributed by atoms with Crippen molar-refractivity contribution in [1.82, 2.24) is 0 Å². The molecule has 1 nitrogen and oxygen atoms in total. The first-order valence-electron chi connectivity index (χ1n) is 3.29. The Labute approximate surface area is 84.5 Å². The molecule has 62 valence electrons. The topological polar surface area (TPSA) is 20.2 Å². The highest BCUT2D eigenvalue weighted by atomic mass is 79.9. The summed E-state index contributed by atoms with van der Waals surface area (Å²) in [5, 5.41) is 9.06. The van der Waals surface area contributed by atoms with E-state index in [1.807, 2.05) is 12.1 Å². The lowest BCUT2D eigenvalue weighted by Gasteiger charge is -1.95. The Morgan fingerprint density at radius 2 is 2.25 bits per heavy atom. The van der Waals surface area contributed by atoms with Crippen LogP contribution in [-0.4, -0.2) is 11.7 Å². The molecule has 0 heterocycles. The van der Waals surface area contributed by atoms with Crippen LogP contribution in [0.1, 0.15) is 5.56 Å². The minimum absolute atomic E-state index is 0.150. The van der Waals surface area contributed by atoms with Gasteiger partial charge in [-0.2, -0.15) is 0 Å². The number of rotatable bonds is 0. The maximum atomic E-state index is 8.46. The van der Waals surface area contributed by atoms with Crippen LogP contribution in [0.2, 0.25) is 5.02 Å². The smallest absolute Gasteiger partial charge is 0.104 e. The first kappa shape index (κ1) is 9.60. The van der Waals surface area contributed by atoms with Crippen LogP contribution in [0.4, 0.5) is 0 Å². The largest absolute Gasteiger partial charge is 0.384 e. The molecule has 0 saturated carbocycles. The molecule has 0 fully saturated rings. The van der Waals surface area contributed by atoms with Crippen molar-refractivity contribution >= 4 is 27.5 Å². The highest BCUT2D eigenvalue weighted by molar-refractivity contribution is 9.10. The second-order valence-electron chi connectivity index (χ2n) is 2.08. The quantitative estimate of drug-likeness (QED) is 0.696. The summed E-state index contributed by atoms with van der Waals surface area (Å²) < 4.78 is 0.925. The SMILES string of the molecule is OCC#Cc1cc(Br)ccc1Cl. The highest BCUT2D eigenvalue weighted by Gasteiger charge is 1.96. The van der Waals surface area contributed by atoms with Crippen LogP contribution in [0.3, 0.4) is 0 Å². The summed E-state index contributed by atoms with van der Waals surface area (Å²) in [6, 6.07) is 5.41. The van der Waals surface area contributed by atoms with Crippen molar-refractivity contribution in [3.8, 4) is 11.8 Å². The van der Waals surface area contributed by atoms with E-state index < -0.39 is 0 Å². The Morgan fingerprint density at radius 3 is 2.92 bits per heavy atom. The minimum atomic E-state index is -0.150. The van der Waals surface area contributed by atoms with Gasteiger partial charge in [-0.05, 0) is 18.2 Å². The van der Waals surface area contributed by atoms with Crippen LogP contribution in [0.25, 0.3) is 0 Å². The molecule has 1 aromatic rings. The molecule has 0 aliphatic rings. The molecule has 1 rings (SSSR count). The summed E-state index contributed by atoms with van der Waals surface area (Å²) in [6.07, 6.45) is 0. The van der Waals surface area contributed by atoms with Crippen molar-refractivity contribution in [3.05, 3.63) is 33.3 Å². The fourth-order valence-electron chi connectivity index (χ4n) is 0.728. The summed E-state index contributed by atoms with van der Waals surface area (Å²) in [5.41, 5.74) is 0.722. The fraction of sp³-hybridized carbons (Fsp3) is 0.111. The zero-order chi connectivity index (χ0) is 8.97. The normalized spacial score (nSPS) is 8.92. The Balaban J connectivity index is 3.05. The second-order valence-corrected chi connectivity index (χ2v) is 3.41. The van der Waals surface area contributed by atoms with Gasteiger partial charge >= 0.3 is 0 Å². The zero-order valence-electron chi connectivity index (χ0n) is 6.14. The average molecular weight is 246 g/mol. The molecule has 0 saturated heterocycles. The summed E-state index contributed by atoms with van der Waals surface area (Å²) in [6.45, 7) is -0.150. The van der Waals surface area contributed by atoms with Crippen LogP contribution in [0, 0.1) is 11.8 Å². The number of hydrogen-bond acceptors (Lipinski definition) is 1. The number of hydrogen-bond donors (Lipinski definition) is 1. The van der Waals surface area contributed by atoms with Gasteiger partial charge in [0, 0.05) is 10.0 Å². The van der Waals surface area contributed by atoms with Gasteiger partial charge in [0.2, 0.25) is 0 Å². The molecular weight excluding hydrogens is 239 g/mol. The lowest BCUT2D eigenvalue weighted by molar-refractivity contribution is 0.350. The van der Waals surface area contributed by atoms with Crippen LogP contribution in [-0.2, 0) is 0 Å². The third-order valence-corrected chi connectivity index (χ3v) is 2.05. The van der Waals surface area contributed by atoms with Gasteiger partial charge in [-0.15, -0.1) is 0 Å². The van der Waals surface area contributed by atoms with Gasteiger partial charge in [-0.25, -0.2) is 0 Å². The van der Waals surface area contributed by atoms with Gasteiger partial charge in [0.1, 0.15) is 6.61 Å². The molecule has 3 heteroatoms. The first-order valence-corrected chi connectivity index (χ1v) is 4.46. The van der Waals surface area contributed by atoms with Gasteiger partial charge in [-0.1, -0.05) is 39.4 Å². The number of benzene rings is 1. The second kappa shape index (κ2) is 4.51. The average Bonchev–Trinajstić information content (AvgIpc) is 2.07. The Hall–Kier alpha value is -0.490. The van der Waals surface area contributed by atoms with E-state index in [-0.39, 0.29) is 6.61 Å². The maximum Gasteiger partial charge on any atom is 0.104 e. The van der Waals surface area contributed by atoms with E-state index >= 15 is 0 Å². The third-order valence-electron chi connectivity index (χ3n) is 1.23. The van der Waals surface area contributed by atoms with Crippen LogP contribution >= 0.6 is 27.5 Å². The predicted molar refractivity (Wildman–Crippen MR) is 53.1 cm³/mol. The van der Waals surface area contributed by atoms with Crippen molar-refractivity contribution in [1.29, 1.82) is 0 Å². The Morgan fingerprint density at radius 1 is 1.50 bits per heavy atom. The third kappa shape index (κ3) is 2.53. The van der Waals surface area contributed by atoms with Crippen molar-refractivity contribution in [2.75, 3.05) is 6.61 Å². The van der Waals surface area contributed by atoms with Crippen LogP contribution < -0.4 is 0 Å². The Kier molecular flexibility index (Phi) is 3.61. The van der Waals surface area contributed by atoms with E-state index in [1.165, 1.54) is 0 Å². The Bertz CT molecular complexity index is 338. The summed E-state index contributed by atoms with van der Waals surface area (Å²) in [5.74, 6) is 5.27. The first-order chi connectivity index (χ1) is 5.74. The van der Waals surface area contributed by atoms with Gasteiger partial charge < -0.3 is 5.11 Å². The lowest BCUT2D eigenvalue weighted by Crippen LogP contribution is -1.78. The highest BCUT2D eigenvalue weighted by Crippen LogP contribution is 2.19. The van der Waals surface area contributed by atoms with Crippen LogP contribution in [0.15, 0.2) is 22.7 Å². The van der Waals surface area contributed by atoms with Crippen molar-refractivity contribution < 1.29 is 5.11 Å². The summed E-state index contributed by atoms with van der Waals surface area (Å²) in [4.78, 5) is 0. The molecule has 0 radical (unpaired) electrons. The van der Waals surface area contributed by atoms with E-state index in [0.29, 0.717) is 5.02 Å². The molecule has 0 aliphatic carbocycles. The molecule has 1 N–H and O–H groups in total. The molecule has 0 atom stereocenters. The fourth-order valence-corrected chi connectivity index (χ4v) is 1.25. The van der Waals surface area contributed by atoms with Gasteiger partial charge in [0.15, 0.2) is 0 Å². The molecular formula is C9H6BrClO. The van der Waals surface area contributed by atoms with E-state index in [1.54, 1.807) is 6.07 Å². The standard InChI is InChI=1S/C9H6BrClO/c10-8-3-4-9(11)7(6-8)2-1-5-12/h3-4,6,12H,5H2. The molecule has 12 heavy (non-hydrogen) atoms. The van der Waals surface area contributed by atoms with Crippen molar-refractivity contribution in [3.63, 3.8) is 0 Å². The van der Waals surface area contributed by atoms with E-state index in [4.69, 9.17) is 16.7 Å². The summed E-state index contributed by atoms with van der Waals surface area (Å²) >= 11 is 9.13. The van der Waals surface area contributed by atoms with Gasteiger partial charge in [0.25, 0.3) is 0 Å². The van der Waals surface area contributed by atoms with Crippen molar-refractivity contribution in [2.24, 2.45) is 0 Å². The van der Waals surface area contributed by atoms with Gasteiger partial charge in [0.05, 0.1) is 5.02 Å². The molecule has 1 aromatic carbocycles. The molecule has 0 aromatic heterocycles. The number of aliphatic hydroxyl groups is 1. The van der Waals surface area contributed by atoms with Crippen LogP contribution in [0.5, 0.6) is 0 Å². The zero-order valence-corrected chi connectivity index (χ0v) is 8.48. The minimum Gasteiger partial charge on any atom is -0.384 e. The molecule has 0 unspecified atom stereocenters.